The van der Waals surface area contributed by atoms with Gasteiger partial charge < -0.3 is 10.4 Å². The van der Waals surface area contributed by atoms with Crippen LogP contribution in [0, 0.1) is 0 Å². The molecule has 2 N–H and O–H groups in total. The minimum Gasteiger partial charge on any atom is -0.478 e. The van der Waals surface area contributed by atoms with Crippen LogP contribution in [0.3, 0.4) is 0 Å². The molecule has 112 valence electrons. The van der Waals surface area contributed by atoms with Crippen molar-refractivity contribution >= 4 is 27.6 Å². The first-order chi connectivity index (χ1) is 9.30. The Hall–Kier alpha value is -1.15. The highest BCUT2D eigenvalue weighted by atomic mass is 35.5. The van der Waals surface area contributed by atoms with Gasteiger partial charge in [0.15, 0.2) is 0 Å². The zero-order valence-corrected chi connectivity index (χ0v) is 12.8. The lowest BCUT2D eigenvalue weighted by Crippen LogP contribution is -2.29. The summed E-state index contributed by atoms with van der Waals surface area (Å²) in [4.78, 5) is 10.8. The highest BCUT2D eigenvalue weighted by molar-refractivity contribution is 7.89. The van der Waals surface area contributed by atoms with Gasteiger partial charge in [0.1, 0.15) is 0 Å². The van der Waals surface area contributed by atoms with E-state index in [9.17, 15) is 13.2 Å². The molecular formula is C12H17ClN2O4S. The summed E-state index contributed by atoms with van der Waals surface area (Å²) in [6, 6.07) is 3.60. The normalized spacial score (nSPS) is 11.8. The number of hydrogen-bond acceptors (Lipinski definition) is 4. The van der Waals surface area contributed by atoms with E-state index in [-0.39, 0.29) is 15.5 Å². The summed E-state index contributed by atoms with van der Waals surface area (Å²) < 4.78 is 25.7. The number of carboxylic acids is 1. The van der Waals surface area contributed by atoms with Crippen molar-refractivity contribution in [2.45, 2.75) is 11.3 Å². The van der Waals surface area contributed by atoms with Crippen molar-refractivity contribution in [3.63, 3.8) is 0 Å². The predicted octanol–water partition coefficient (Wildman–Crippen LogP) is 1.27. The van der Waals surface area contributed by atoms with Gasteiger partial charge in [0.2, 0.25) is 10.0 Å². The zero-order chi connectivity index (χ0) is 15.3. The standard InChI is InChI=1S/C12H17ClN2O4S/c1-14-6-3-7-15(2)20(18,19)9-4-5-10(12(16)17)11(13)8-9/h4-5,8,14H,3,6-7H2,1-2H3,(H,16,17). The van der Waals surface area contributed by atoms with E-state index in [2.05, 4.69) is 5.32 Å². The summed E-state index contributed by atoms with van der Waals surface area (Å²) in [6.45, 7) is 1.07. The third-order valence-electron chi connectivity index (χ3n) is 2.78. The zero-order valence-electron chi connectivity index (χ0n) is 11.3. The molecule has 1 aromatic rings. The van der Waals surface area contributed by atoms with Crippen LogP contribution in [0.25, 0.3) is 0 Å². The Balaban J connectivity index is 2.98. The number of hydrogen-bond donors (Lipinski definition) is 2. The maximum Gasteiger partial charge on any atom is 0.337 e. The van der Waals surface area contributed by atoms with Crippen molar-refractivity contribution in [2.75, 3.05) is 27.2 Å². The first-order valence-corrected chi connectivity index (χ1v) is 7.76. The Labute approximate surface area is 123 Å². The van der Waals surface area contributed by atoms with Crippen molar-refractivity contribution in [1.82, 2.24) is 9.62 Å². The number of benzene rings is 1. The van der Waals surface area contributed by atoms with E-state index in [1.165, 1.54) is 23.5 Å². The molecule has 0 aliphatic carbocycles. The van der Waals surface area contributed by atoms with Crippen molar-refractivity contribution in [2.24, 2.45) is 0 Å². The van der Waals surface area contributed by atoms with Crippen LogP contribution in [0.1, 0.15) is 16.8 Å². The number of halogens is 1. The van der Waals surface area contributed by atoms with Crippen LogP contribution in [0.4, 0.5) is 0 Å². The number of aromatic carboxylic acids is 1. The summed E-state index contributed by atoms with van der Waals surface area (Å²) in [6.07, 6.45) is 0.674. The van der Waals surface area contributed by atoms with Gasteiger partial charge in [-0.25, -0.2) is 17.5 Å². The molecular weight excluding hydrogens is 304 g/mol. The molecule has 1 aromatic carbocycles. The molecule has 0 fully saturated rings. The van der Waals surface area contributed by atoms with Gasteiger partial charge in [-0.05, 0) is 38.2 Å². The first-order valence-electron chi connectivity index (χ1n) is 5.94. The van der Waals surface area contributed by atoms with Crippen LogP contribution in [-0.2, 0) is 10.0 Å². The maximum absolute atomic E-state index is 12.3. The highest BCUT2D eigenvalue weighted by Crippen LogP contribution is 2.22. The van der Waals surface area contributed by atoms with Crippen LogP contribution in [-0.4, -0.2) is 51.0 Å². The molecule has 6 nitrogen and oxygen atoms in total. The molecule has 20 heavy (non-hydrogen) atoms. The molecule has 0 atom stereocenters. The second-order valence-corrected chi connectivity index (χ2v) is 6.68. The molecule has 0 bridgehead atoms. The number of rotatable bonds is 7. The Bertz CT molecular complexity index is 589. The minimum atomic E-state index is -3.66. The topological polar surface area (TPSA) is 86.7 Å². The number of nitrogens with one attached hydrogen (secondary N) is 1. The van der Waals surface area contributed by atoms with Gasteiger partial charge >= 0.3 is 5.97 Å². The first kappa shape index (κ1) is 16.9. The fraction of sp³-hybridized carbons (Fsp3) is 0.417. The van der Waals surface area contributed by atoms with Gasteiger partial charge in [-0.1, -0.05) is 11.6 Å². The summed E-state index contributed by atoms with van der Waals surface area (Å²) in [5, 5.41) is 11.7. The van der Waals surface area contributed by atoms with Crippen LogP contribution >= 0.6 is 11.6 Å². The van der Waals surface area contributed by atoms with E-state index in [1.54, 1.807) is 7.05 Å². The molecule has 8 heteroatoms. The lowest BCUT2D eigenvalue weighted by atomic mass is 10.2. The van der Waals surface area contributed by atoms with Gasteiger partial charge in [-0.15, -0.1) is 0 Å². The second-order valence-electron chi connectivity index (χ2n) is 4.23. The SMILES string of the molecule is CNCCCN(C)S(=O)(=O)c1ccc(C(=O)O)c(Cl)c1. The third kappa shape index (κ3) is 3.92. The molecule has 0 aliphatic rings. The van der Waals surface area contributed by atoms with Crippen molar-refractivity contribution < 1.29 is 18.3 Å². The maximum atomic E-state index is 12.3. The molecule has 0 spiro atoms. The van der Waals surface area contributed by atoms with Crippen LogP contribution in [0.2, 0.25) is 5.02 Å². The fourth-order valence-electron chi connectivity index (χ4n) is 1.61. The molecule has 0 amide bonds. The monoisotopic (exact) mass is 320 g/mol. The lowest BCUT2D eigenvalue weighted by Gasteiger charge is -2.17. The fourth-order valence-corrected chi connectivity index (χ4v) is 3.17. The van der Waals surface area contributed by atoms with Gasteiger partial charge in [0, 0.05) is 13.6 Å². The van der Waals surface area contributed by atoms with E-state index >= 15 is 0 Å². The van der Waals surface area contributed by atoms with Crippen molar-refractivity contribution in [3.05, 3.63) is 28.8 Å². The largest absolute Gasteiger partial charge is 0.478 e. The van der Waals surface area contributed by atoms with Crippen LogP contribution in [0.15, 0.2) is 23.1 Å². The average Bonchev–Trinajstić information content (AvgIpc) is 2.38. The summed E-state index contributed by atoms with van der Waals surface area (Å²) in [7, 11) is -0.389. The molecule has 0 aromatic heterocycles. The molecule has 0 saturated heterocycles. The Morgan fingerprint density at radius 3 is 2.60 bits per heavy atom. The predicted molar refractivity (Wildman–Crippen MR) is 76.8 cm³/mol. The van der Waals surface area contributed by atoms with Crippen molar-refractivity contribution in [1.29, 1.82) is 0 Å². The Kier molecular flexibility index (Phi) is 5.94. The Morgan fingerprint density at radius 2 is 2.10 bits per heavy atom. The quantitative estimate of drug-likeness (QED) is 0.739. The van der Waals surface area contributed by atoms with Gasteiger partial charge in [0.25, 0.3) is 0 Å². The third-order valence-corrected chi connectivity index (χ3v) is 4.94. The lowest BCUT2D eigenvalue weighted by molar-refractivity contribution is 0.0697. The number of carbonyl (C=O) groups is 1. The number of nitrogens with zero attached hydrogens (tertiary/aromatic N) is 1. The number of sulfonamides is 1. The van der Waals surface area contributed by atoms with Crippen LogP contribution < -0.4 is 5.32 Å². The van der Waals surface area contributed by atoms with E-state index in [0.717, 1.165) is 6.07 Å². The van der Waals surface area contributed by atoms with Crippen LogP contribution in [0.5, 0.6) is 0 Å². The summed E-state index contributed by atoms with van der Waals surface area (Å²) in [5.41, 5.74) is -0.122. The van der Waals surface area contributed by atoms with E-state index in [4.69, 9.17) is 16.7 Å². The second kappa shape index (κ2) is 7.03. The molecule has 0 radical (unpaired) electrons. The average molecular weight is 321 g/mol. The molecule has 0 saturated carbocycles. The van der Waals surface area contributed by atoms with Gasteiger partial charge in [-0.2, -0.15) is 0 Å². The number of carboxylic acid groups (broad SMARTS) is 1. The van der Waals surface area contributed by atoms with Gasteiger partial charge in [0.05, 0.1) is 15.5 Å². The molecule has 0 heterocycles. The van der Waals surface area contributed by atoms with E-state index in [1.807, 2.05) is 0 Å². The summed E-state index contributed by atoms with van der Waals surface area (Å²) >= 11 is 5.79. The van der Waals surface area contributed by atoms with E-state index in [0.29, 0.717) is 19.5 Å². The molecule has 0 unspecified atom stereocenters. The minimum absolute atomic E-state index is 0.0144. The highest BCUT2D eigenvalue weighted by Gasteiger charge is 2.22. The van der Waals surface area contributed by atoms with Crippen molar-refractivity contribution in [3.8, 4) is 0 Å². The van der Waals surface area contributed by atoms with Gasteiger partial charge in [-0.3, -0.25) is 0 Å². The summed E-state index contributed by atoms with van der Waals surface area (Å²) in [5.74, 6) is -1.19. The molecule has 1 rings (SSSR count). The Morgan fingerprint density at radius 1 is 1.45 bits per heavy atom. The van der Waals surface area contributed by atoms with E-state index < -0.39 is 16.0 Å². The smallest absolute Gasteiger partial charge is 0.337 e. The molecule has 0 aliphatic heterocycles.